The van der Waals surface area contributed by atoms with Crippen molar-refractivity contribution in [1.29, 1.82) is 0 Å². The summed E-state index contributed by atoms with van der Waals surface area (Å²) in [7, 11) is 4.09. The van der Waals surface area contributed by atoms with Crippen molar-refractivity contribution in [3.05, 3.63) is 52.8 Å². The number of rotatable bonds is 12. The number of nitrogens with zero attached hydrogens (tertiary/aromatic N) is 1. The number of fused-ring (bicyclic) bond motifs is 1. The van der Waals surface area contributed by atoms with Gasteiger partial charge in [-0.15, -0.1) is 0 Å². The Labute approximate surface area is 216 Å². The number of carbonyl (C=O) groups excluding carboxylic acids is 2. The Kier molecular flexibility index (Phi) is 9.94. The van der Waals surface area contributed by atoms with Crippen LogP contribution in [0.25, 0.3) is 21.9 Å². The molecule has 192 valence electrons. The molecule has 7 nitrogen and oxygen atoms in total. The van der Waals surface area contributed by atoms with Gasteiger partial charge in [-0.05, 0) is 53.1 Å². The second-order valence-electron chi connectivity index (χ2n) is 8.36. The van der Waals surface area contributed by atoms with Gasteiger partial charge in [-0.2, -0.15) is 0 Å². The number of aromatic nitrogens is 1. The van der Waals surface area contributed by atoms with E-state index >= 15 is 0 Å². The first kappa shape index (κ1) is 27.3. The highest BCUT2D eigenvalue weighted by atomic mass is 35.5. The molecule has 0 aliphatic rings. The lowest BCUT2D eigenvalue weighted by Gasteiger charge is -2.18. The first-order chi connectivity index (χ1) is 17.4. The van der Waals surface area contributed by atoms with Gasteiger partial charge in [0.15, 0.2) is 11.5 Å². The summed E-state index contributed by atoms with van der Waals surface area (Å²) in [5, 5.41) is 1.57. The molecule has 0 fully saturated rings. The van der Waals surface area contributed by atoms with Crippen molar-refractivity contribution in [2.75, 3.05) is 27.9 Å². The van der Waals surface area contributed by atoms with Gasteiger partial charge in [-0.3, -0.25) is 0 Å². The summed E-state index contributed by atoms with van der Waals surface area (Å²) in [4.78, 5) is 29.7. The molecule has 0 radical (unpaired) electrons. The molecule has 1 heterocycles. The molecule has 0 saturated heterocycles. The van der Waals surface area contributed by atoms with Gasteiger partial charge in [-0.25, -0.2) is 14.6 Å². The van der Waals surface area contributed by atoms with Gasteiger partial charge >= 0.3 is 11.9 Å². The fourth-order valence-electron chi connectivity index (χ4n) is 4.19. The predicted octanol–water partition coefficient (Wildman–Crippen LogP) is 6.88. The molecule has 0 unspecified atom stereocenters. The molecule has 0 aliphatic carbocycles. The quantitative estimate of drug-likeness (QED) is 0.148. The number of hydrogen-bond acceptors (Lipinski definition) is 7. The highest BCUT2D eigenvalue weighted by Crippen LogP contribution is 2.41. The minimum atomic E-state index is -0.678. The number of ether oxygens (including phenoxy) is 4. The fraction of sp³-hybridized carbons (Fsp3) is 0.393. The Morgan fingerprint density at radius 2 is 1.61 bits per heavy atom. The maximum Gasteiger partial charge on any atom is 0.339 e. The Morgan fingerprint density at radius 3 is 2.28 bits per heavy atom. The van der Waals surface area contributed by atoms with Crippen molar-refractivity contribution in [3.63, 3.8) is 0 Å². The smallest absolute Gasteiger partial charge is 0.339 e. The molecule has 0 N–H and O–H groups in total. The monoisotopic (exact) mass is 513 g/mol. The third-order valence-corrected chi connectivity index (χ3v) is 6.20. The molecule has 0 atom stereocenters. The molecule has 3 rings (SSSR count). The topological polar surface area (TPSA) is 84.0 Å². The minimum absolute atomic E-state index is 0.0712. The van der Waals surface area contributed by atoms with Gasteiger partial charge in [0.25, 0.3) is 0 Å². The SMILES string of the molecule is CCCCCCCCOc1cc2cc(C(=O)OC)c(C(=O)OC)c(-c3ccnc(Cl)c3)c2cc1OC. The molecule has 2 aromatic carbocycles. The average Bonchev–Trinajstić information content (AvgIpc) is 2.90. The number of esters is 2. The van der Waals surface area contributed by atoms with Crippen LogP contribution in [0.3, 0.4) is 0 Å². The number of benzene rings is 2. The highest BCUT2D eigenvalue weighted by Gasteiger charge is 2.27. The summed E-state index contributed by atoms with van der Waals surface area (Å²) in [5.74, 6) is -0.276. The van der Waals surface area contributed by atoms with Crippen LogP contribution in [0.1, 0.15) is 66.2 Å². The number of pyridine rings is 1. The van der Waals surface area contributed by atoms with E-state index in [9.17, 15) is 9.59 Å². The van der Waals surface area contributed by atoms with Gasteiger partial charge in [-0.1, -0.05) is 50.6 Å². The maximum atomic E-state index is 12.9. The van der Waals surface area contributed by atoms with Gasteiger partial charge < -0.3 is 18.9 Å². The fourth-order valence-corrected chi connectivity index (χ4v) is 4.36. The molecule has 36 heavy (non-hydrogen) atoms. The van der Waals surface area contributed by atoms with Crippen molar-refractivity contribution in [2.24, 2.45) is 0 Å². The maximum absolute atomic E-state index is 12.9. The van der Waals surface area contributed by atoms with Crippen LogP contribution in [-0.4, -0.2) is 44.9 Å². The van der Waals surface area contributed by atoms with E-state index in [0.29, 0.717) is 40.0 Å². The van der Waals surface area contributed by atoms with E-state index in [1.165, 1.54) is 46.1 Å². The number of unbranched alkanes of at least 4 members (excludes halogenated alkanes) is 5. The van der Waals surface area contributed by atoms with E-state index in [1.807, 2.05) is 6.07 Å². The van der Waals surface area contributed by atoms with E-state index in [0.717, 1.165) is 12.8 Å². The average molecular weight is 514 g/mol. The van der Waals surface area contributed by atoms with Crippen LogP contribution in [0.2, 0.25) is 5.15 Å². The predicted molar refractivity (Wildman–Crippen MR) is 140 cm³/mol. The Bertz CT molecular complexity index is 1230. The number of carbonyl (C=O) groups is 2. The van der Waals surface area contributed by atoms with Gasteiger partial charge in [0, 0.05) is 11.8 Å². The van der Waals surface area contributed by atoms with Crippen LogP contribution < -0.4 is 9.47 Å². The molecule has 3 aromatic rings. The lowest BCUT2D eigenvalue weighted by Crippen LogP contribution is -2.14. The molecule has 0 bridgehead atoms. The molecular weight excluding hydrogens is 482 g/mol. The zero-order valence-electron chi connectivity index (χ0n) is 21.2. The Balaban J connectivity index is 2.14. The molecule has 8 heteroatoms. The molecule has 0 saturated carbocycles. The highest BCUT2D eigenvalue weighted by molar-refractivity contribution is 6.29. The summed E-state index contributed by atoms with van der Waals surface area (Å²) in [5.41, 5.74) is 1.20. The lowest BCUT2D eigenvalue weighted by atomic mass is 9.89. The molecule has 0 aliphatic heterocycles. The Hall–Kier alpha value is -3.32. The van der Waals surface area contributed by atoms with Crippen molar-refractivity contribution >= 4 is 34.3 Å². The van der Waals surface area contributed by atoms with E-state index in [2.05, 4.69) is 11.9 Å². The normalized spacial score (nSPS) is 10.8. The van der Waals surface area contributed by atoms with Crippen molar-refractivity contribution < 1.29 is 28.5 Å². The molecule has 1 aromatic heterocycles. The molecular formula is C28H32ClNO6. The van der Waals surface area contributed by atoms with Gasteiger partial charge in [0.1, 0.15) is 5.15 Å². The zero-order chi connectivity index (χ0) is 26.1. The Morgan fingerprint density at radius 1 is 0.889 bits per heavy atom. The third kappa shape index (κ3) is 6.26. The molecule has 0 spiro atoms. The van der Waals surface area contributed by atoms with Crippen molar-refractivity contribution in [2.45, 2.75) is 45.4 Å². The van der Waals surface area contributed by atoms with E-state index in [4.69, 9.17) is 30.5 Å². The zero-order valence-corrected chi connectivity index (χ0v) is 21.9. The van der Waals surface area contributed by atoms with Crippen molar-refractivity contribution in [3.8, 4) is 22.6 Å². The number of halogens is 1. The lowest BCUT2D eigenvalue weighted by molar-refractivity contribution is 0.0556. The van der Waals surface area contributed by atoms with Crippen LogP contribution >= 0.6 is 11.6 Å². The van der Waals surface area contributed by atoms with Gasteiger partial charge in [0.2, 0.25) is 0 Å². The summed E-state index contributed by atoms with van der Waals surface area (Å²) >= 11 is 6.17. The van der Waals surface area contributed by atoms with Crippen LogP contribution in [-0.2, 0) is 9.47 Å². The van der Waals surface area contributed by atoms with Crippen LogP contribution in [0.4, 0.5) is 0 Å². The number of hydrogen-bond donors (Lipinski definition) is 0. The second kappa shape index (κ2) is 13.1. The van der Waals surface area contributed by atoms with Crippen LogP contribution in [0, 0.1) is 0 Å². The number of methoxy groups -OCH3 is 3. The van der Waals surface area contributed by atoms with Crippen LogP contribution in [0.5, 0.6) is 11.5 Å². The second-order valence-corrected chi connectivity index (χ2v) is 8.75. The first-order valence-electron chi connectivity index (χ1n) is 12.0. The van der Waals surface area contributed by atoms with E-state index in [1.54, 1.807) is 31.4 Å². The van der Waals surface area contributed by atoms with Crippen molar-refractivity contribution in [1.82, 2.24) is 4.98 Å². The summed E-state index contributed by atoms with van der Waals surface area (Å²) in [6.45, 7) is 2.74. The van der Waals surface area contributed by atoms with Gasteiger partial charge in [0.05, 0.1) is 39.1 Å². The standard InChI is InChI=1S/C28H32ClNO6/c1-5-6-7-8-9-10-13-36-23-15-19-14-21(27(31)34-3)26(28(32)35-4)25(20(19)17-22(23)33-2)18-11-12-30-24(29)16-18/h11-12,14-17H,5-10,13H2,1-4H3. The summed E-state index contributed by atoms with van der Waals surface area (Å²) in [6.07, 6.45) is 8.44. The first-order valence-corrected chi connectivity index (χ1v) is 12.4. The summed E-state index contributed by atoms with van der Waals surface area (Å²) < 4.78 is 21.7. The van der Waals surface area contributed by atoms with E-state index < -0.39 is 11.9 Å². The minimum Gasteiger partial charge on any atom is -0.493 e. The third-order valence-electron chi connectivity index (χ3n) is 5.99. The van der Waals surface area contributed by atoms with Crippen LogP contribution in [0.15, 0.2) is 36.5 Å². The largest absolute Gasteiger partial charge is 0.493 e. The van der Waals surface area contributed by atoms with E-state index in [-0.39, 0.29) is 16.3 Å². The molecule has 0 amide bonds. The summed E-state index contributed by atoms with van der Waals surface area (Å²) in [6, 6.07) is 8.55.